The fourth-order valence-electron chi connectivity index (χ4n) is 4.86. The molecule has 0 bridgehead atoms. The van der Waals surface area contributed by atoms with Crippen molar-refractivity contribution >= 4 is 27.8 Å². The Bertz CT molecular complexity index is 1750. The first-order valence-corrected chi connectivity index (χ1v) is 15.7. The first kappa shape index (κ1) is 32.1. The second kappa shape index (κ2) is 14.1. The number of carboxylic acids is 1. The third kappa shape index (κ3) is 8.18. The minimum Gasteiger partial charge on any atom is -0.481 e. The monoisotopic (exact) mass is 613 g/mol. The highest BCUT2D eigenvalue weighted by Gasteiger charge is 2.23. The second-order valence-electron chi connectivity index (χ2n) is 10.6. The van der Waals surface area contributed by atoms with Crippen molar-refractivity contribution in [3.05, 3.63) is 125 Å². The minimum atomic E-state index is -3.84. The molecule has 2 amide bonds. The Morgan fingerprint density at radius 2 is 1.39 bits per heavy atom. The summed E-state index contributed by atoms with van der Waals surface area (Å²) in [7, 11) is -3.84. The molecule has 0 aliphatic rings. The molecule has 4 N–H and O–H groups in total. The van der Waals surface area contributed by atoms with Crippen LogP contribution in [0.5, 0.6) is 0 Å². The molecule has 0 aliphatic heterocycles. The number of benzene rings is 4. The lowest BCUT2D eigenvalue weighted by molar-refractivity contribution is -0.137. The van der Waals surface area contributed by atoms with Gasteiger partial charge in [0.25, 0.3) is 11.8 Å². The number of carboxylic acid groups (broad SMARTS) is 1. The van der Waals surface area contributed by atoms with E-state index in [0.29, 0.717) is 28.7 Å². The molecule has 1 atom stereocenters. The van der Waals surface area contributed by atoms with E-state index in [1.165, 1.54) is 17.0 Å². The van der Waals surface area contributed by atoms with Crippen LogP contribution >= 0.6 is 0 Å². The molecule has 0 saturated heterocycles. The van der Waals surface area contributed by atoms with Gasteiger partial charge >= 0.3 is 5.97 Å². The van der Waals surface area contributed by atoms with Crippen molar-refractivity contribution in [2.75, 3.05) is 13.1 Å². The summed E-state index contributed by atoms with van der Waals surface area (Å²) < 4.78 is 23.2. The zero-order valence-electron chi connectivity index (χ0n) is 24.6. The highest BCUT2D eigenvalue weighted by molar-refractivity contribution is 7.89. The largest absolute Gasteiger partial charge is 0.481 e. The number of sulfonamides is 1. The molecule has 0 saturated carbocycles. The zero-order valence-corrected chi connectivity index (χ0v) is 25.4. The van der Waals surface area contributed by atoms with Gasteiger partial charge in [0.05, 0.1) is 17.4 Å². The van der Waals surface area contributed by atoms with E-state index in [2.05, 4.69) is 5.32 Å². The van der Waals surface area contributed by atoms with Crippen molar-refractivity contribution in [3.63, 3.8) is 0 Å². The molecule has 228 valence electrons. The highest BCUT2D eigenvalue weighted by Crippen LogP contribution is 2.29. The number of rotatable bonds is 12. The van der Waals surface area contributed by atoms with E-state index in [4.69, 9.17) is 5.14 Å². The minimum absolute atomic E-state index is 0.0232. The molecule has 0 aromatic heterocycles. The van der Waals surface area contributed by atoms with Crippen molar-refractivity contribution in [2.45, 2.75) is 37.6 Å². The number of nitrogens with zero attached hydrogens (tertiary/aromatic N) is 1. The van der Waals surface area contributed by atoms with Crippen LogP contribution in [0.2, 0.25) is 0 Å². The van der Waals surface area contributed by atoms with Crippen LogP contribution in [-0.2, 0) is 21.2 Å². The van der Waals surface area contributed by atoms with Gasteiger partial charge in [-0.25, -0.2) is 13.6 Å². The molecule has 44 heavy (non-hydrogen) atoms. The summed E-state index contributed by atoms with van der Waals surface area (Å²) in [6.07, 6.45) is 0.0997. The summed E-state index contributed by atoms with van der Waals surface area (Å²) in [5.41, 5.74) is 4.68. The Morgan fingerprint density at radius 3 is 1.98 bits per heavy atom. The maximum Gasteiger partial charge on any atom is 0.305 e. The predicted octanol–water partition coefficient (Wildman–Crippen LogP) is 4.96. The van der Waals surface area contributed by atoms with E-state index in [9.17, 15) is 27.9 Å². The SMILES string of the molecule is Cc1ccc([C@@H](C)NC(=O)c2ccccc2-c2ccccc2C(=O)N(CCC(=O)O)CCc2ccc(S(N)(=O)=O)cc2)cc1. The van der Waals surface area contributed by atoms with Crippen molar-refractivity contribution in [3.8, 4) is 11.1 Å². The summed E-state index contributed by atoms with van der Waals surface area (Å²) in [4.78, 5) is 40.3. The lowest BCUT2D eigenvalue weighted by Gasteiger charge is -2.24. The molecule has 0 fully saturated rings. The third-order valence-electron chi connectivity index (χ3n) is 7.35. The Balaban J connectivity index is 1.61. The van der Waals surface area contributed by atoms with Crippen LogP contribution in [0, 0.1) is 6.92 Å². The summed E-state index contributed by atoms with van der Waals surface area (Å²) >= 11 is 0. The Kier molecular flexibility index (Phi) is 10.3. The molecule has 4 aromatic carbocycles. The van der Waals surface area contributed by atoms with Crippen LogP contribution in [0.4, 0.5) is 0 Å². The predicted molar refractivity (Wildman–Crippen MR) is 169 cm³/mol. The van der Waals surface area contributed by atoms with Crippen molar-refractivity contribution in [2.24, 2.45) is 5.14 Å². The van der Waals surface area contributed by atoms with Crippen LogP contribution in [0.25, 0.3) is 11.1 Å². The number of nitrogens with one attached hydrogen (secondary N) is 1. The van der Waals surface area contributed by atoms with Crippen LogP contribution < -0.4 is 10.5 Å². The molecular weight excluding hydrogens is 578 g/mol. The average molecular weight is 614 g/mol. The number of hydrogen-bond donors (Lipinski definition) is 3. The van der Waals surface area contributed by atoms with Gasteiger partial charge in [0.15, 0.2) is 0 Å². The summed E-state index contributed by atoms with van der Waals surface area (Å²) in [6.45, 7) is 4.06. The van der Waals surface area contributed by atoms with Crippen molar-refractivity contribution in [1.82, 2.24) is 10.2 Å². The molecule has 4 rings (SSSR count). The topological polar surface area (TPSA) is 147 Å². The molecule has 0 unspecified atom stereocenters. The number of aryl methyl sites for hydroxylation is 1. The Morgan fingerprint density at radius 1 is 0.818 bits per heavy atom. The van der Waals surface area contributed by atoms with E-state index in [-0.39, 0.29) is 42.3 Å². The van der Waals surface area contributed by atoms with E-state index in [1.807, 2.05) is 38.1 Å². The normalized spacial score (nSPS) is 11.9. The summed E-state index contributed by atoms with van der Waals surface area (Å²) in [5, 5.41) is 17.6. The highest BCUT2D eigenvalue weighted by atomic mass is 32.2. The number of aliphatic carboxylic acids is 1. The number of carbonyl (C=O) groups excluding carboxylic acids is 2. The standard InChI is InChI=1S/C34H35N3O6S/c1-23-11-15-26(16-12-23)24(2)36-33(40)30-9-5-3-7-28(30)29-8-4-6-10-31(29)34(41)37(22-20-32(38)39)21-19-25-13-17-27(18-14-25)44(35,42)43/h3-18,24H,19-22H2,1-2H3,(H,36,40)(H,38,39)(H2,35,42,43)/t24-/m1/s1. The van der Waals surface area contributed by atoms with Crippen LogP contribution in [0.15, 0.2) is 102 Å². The number of nitrogens with two attached hydrogens (primary N) is 1. The van der Waals surface area contributed by atoms with E-state index in [0.717, 1.165) is 16.7 Å². The number of primary sulfonamides is 1. The van der Waals surface area contributed by atoms with Crippen molar-refractivity contribution in [1.29, 1.82) is 0 Å². The van der Waals surface area contributed by atoms with Gasteiger partial charge in [-0.3, -0.25) is 14.4 Å². The maximum atomic E-state index is 14.0. The van der Waals surface area contributed by atoms with Gasteiger partial charge in [-0.05, 0) is 66.8 Å². The Hall–Kier alpha value is -4.80. The van der Waals surface area contributed by atoms with E-state index < -0.39 is 16.0 Å². The van der Waals surface area contributed by atoms with Gasteiger partial charge < -0.3 is 15.3 Å². The molecule has 4 aromatic rings. The maximum absolute atomic E-state index is 14.0. The molecule has 10 heteroatoms. The molecule has 9 nitrogen and oxygen atoms in total. The molecular formula is C34H35N3O6S. The van der Waals surface area contributed by atoms with Gasteiger partial charge in [0.1, 0.15) is 0 Å². The molecule has 0 radical (unpaired) electrons. The van der Waals surface area contributed by atoms with Gasteiger partial charge in [-0.2, -0.15) is 0 Å². The van der Waals surface area contributed by atoms with Gasteiger partial charge in [-0.1, -0.05) is 78.4 Å². The van der Waals surface area contributed by atoms with Crippen LogP contribution in [-0.4, -0.2) is 49.3 Å². The number of hydrogen-bond acceptors (Lipinski definition) is 5. The number of carbonyl (C=O) groups is 3. The van der Waals surface area contributed by atoms with E-state index in [1.54, 1.807) is 60.7 Å². The Labute approximate surface area is 257 Å². The lowest BCUT2D eigenvalue weighted by atomic mass is 9.94. The lowest BCUT2D eigenvalue weighted by Crippen LogP contribution is -2.35. The molecule has 0 heterocycles. The molecule has 0 aliphatic carbocycles. The smallest absolute Gasteiger partial charge is 0.305 e. The quantitative estimate of drug-likeness (QED) is 0.206. The third-order valence-corrected chi connectivity index (χ3v) is 8.28. The van der Waals surface area contributed by atoms with Gasteiger partial charge in [-0.15, -0.1) is 0 Å². The average Bonchev–Trinajstić information content (AvgIpc) is 3.00. The summed E-state index contributed by atoms with van der Waals surface area (Å²) in [6, 6.07) is 27.7. The van der Waals surface area contributed by atoms with Gasteiger partial charge in [0, 0.05) is 24.2 Å². The fourth-order valence-corrected chi connectivity index (χ4v) is 5.37. The summed E-state index contributed by atoms with van der Waals surface area (Å²) in [5.74, 6) is -1.72. The molecule has 0 spiro atoms. The van der Waals surface area contributed by atoms with Crippen LogP contribution in [0.3, 0.4) is 0 Å². The zero-order chi connectivity index (χ0) is 31.9. The second-order valence-corrected chi connectivity index (χ2v) is 12.1. The van der Waals surface area contributed by atoms with Gasteiger partial charge in [0.2, 0.25) is 10.0 Å². The fraction of sp³-hybridized carbons (Fsp3) is 0.206. The van der Waals surface area contributed by atoms with Crippen LogP contribution in [0.1, 0.15) is 56.8 Å². The first-order chi connectivity index (χ1) is 20.9. The first-order valence-electron chi connectivity index (χ1n) is 14.1. The van der Waals surface area contributed by atoms with Crippen molar-refractivity contribution < 1.29 is 27.9 Å². The van der Waals surface area contributed by atoms with E-state index >= 15 is 0 Å². The number of amides is 2.